The number of rotatable bonds is 5. The van der Waals surface area contributed by atoms with Gasteiger partial charge >= 0.3 is 6.09 Å². The Balaban J connectivity index is 2.48. The second kappa shape index (κ2) is 6.85. The number of nitrogens with one attached hydrogen (secondary N) is 1. The number of hydrogen-bond donors (Lipinski definition) is 2. The Hall–Kier alpha value is -1.62. The van der Waals surface area contributed by atoms with Crippen molar-refractivity contribution in [2.24, 2.45) is 0 Å². The van der Waals surface area contributed by atoms with E-state index in [1.54, 1.807) is 13.0 Å². The molecule has 1 amide bonds. The molecule has 0 radical (unpaired) electrons. The zero-order valence-corrected chi connectivity index (χ0v) is 9.70. The maximum atomic E-state index is 13.4. The fraction of sp³-hybridized carbons (Fsp3) is 0.417. The number of aliphatic hydroxyl groups excluding tert-OH is 1. The average molecular weight is 241 g/mol. The van der Waals surface area contributed by atoms with Crippen LogP contribution in [0.3, 0.4) is 0 Å². The molecular formula is C12H16FNO3. The van der Waals surface area contributed by atoms with E-state index in [4.69, 9.17) is 5.11 Å². The molecule has 94 valence electrons. The Morgan fingerprint density at radius 1 is 1.53 bits per heavy atom. The Morgan fingerprint density at radius 3 is 2.94 bits per heavy atom. The van der Waals surface area contributed by atoms with Crippen LogP contribution in [-0.2, 0) is 17.8 Å². The van der Waals surface area contributed by atoms with E-state index in [1.807, 2.05) is 0 Å². The fourth-order valence-electron chi connectivity index (χ4n) is 1.40. The van der Waals surface area contributed by atoms with E-state index in [-0.39, 0.29) is 12.4 Å². The van der Waals surface area contributed by atoms with E-state index in [0.29, 0.717) is 30.7 Å². The van der Waals surface area contributed by atoms with Gasteiger partial charge in [0.1, 0.15) is 5.82 Å². The molecule has 4 nitrogen and oxygen atoms in total. The van der Waals surface area contributed by atoms with Gasteiger partial charge in [0, 0.05) is 6.54 Å². The van der Waals surface area contributed by atoms with Gasteiger partial charge in [-0.25, -0.2) is 9.18 Å². The first kappa shape index (κ1) is 13.4. The number of hydrogen-bond acceptors (Lipinski definition) is 3. The minimum absolute atomic E-state index is 0.126. The van der Waals surface area contributed by atoms with Crippen LogP contribution in [0.4, 0.5) is 9.18 Å². The minimum Gasteiger partial charge on any atom is -0.450 e. The highest BCUT2D eigenvalue weighted by Gasteiger charge is 2.05. The van der Waals surface area contributed by atoms with Crippen LogP contribution in [0.1, 0.15) is 18.1 Å². The lowest BCUT2D eigenvalue weighted by molar-refractivity contribution is 0.152. The number of benzene rings is 1. The molecule has 0 saturated heterocycles. The van der Waals surface area contributed by atoms with Crippen LogP contribution >= 0.6 is 0 Å². The van der Waals surface area contributed by atoms with Crippen molar-refractivity contribution in [3.63, 3.8) is 0 Å². The molecule has 0 unspecified atom stereocenters. The molecule has 0 aliphatic carbocycles. The summed E-state index contributed by atoms with van der Waals surface area (Å²) in [5.74, 6) is -0.340. The summed E-state index contributed by atoms with van der Waals surface area (Å²) >= 11 is 0. The van der Waals surface area contributed by atoms with E-state index < -0.39 is 6.09 Å². The molecule has 0 aliphatic heterocycles. The van der Waals surface area contributed by atoms with Gasteiger partial charge in [0.15, 0.2) is 0 Å². The Labute approximate surface area is 99.4 Å². The molecule has 1 aromatic carbocycles. The molecule has 1 rings (SSSR count). The molecular weight excluding hydrogens is 225 g/mol. The lowest BCUT2D eigenvalue weighted by Crippen LogP contribution is -2.26. The van der Waals surface area contributed by atoms with Gasteiger partial charge in [0.25, 0.3) is 0 Å². The first-order chi connectivity index (χ1) is 8.17. The zero-order chi connectivity index (χ0) is 12.7. The number of ether oxygens (including phenoxy) is 1. The molecule has 0 spiro atoms. The highest BCUT2D eigenvalue weighted by Crippen LogP contribution is 2.11. The van der Waals surface area contributed by atoms with E-state index >= 15 is 0 Å². The van der Waals surface area contributed by atoms with Crippen LogP contribution in [0.25, 0.3) is 0 Å². The van der Waals surface area contributed by atoms with Gasteiger partial charge in [-0.15, -0.1) is 0 Å². The molecule has 0 bridgehead atoms. The van der Waals surface area contributed by atoms with Crippen molar-refractivity contribution in [3.05, 3.63) is 35.1 Å². The molecule has 0 atom stereocenters. The summed E-state index contributed by atoms with van der Waals surface area (Å²) in [5.41, 5.74) is 1.12. The summed E-state index contributed by atoms with van der Waals surface area (Å²) in [6.45, 7) is 2.19. The Bertz CT molecular complexity index is 382. The molecule has 2 N–H and O–H groups in total. The number of amides is 1. The number of alkyl carbamates (subject to hydrolysis) is 1. The van der Waals surface area contributed by atoms with Gasteiger partial charge < -0.3 is 15.2 Å². The third kappa shape index (κ3) is 4.40. The fourth-order valence-corrected chi connectivity index (χ4v) is 1.40. The SMILES string of the molecule is CCOC(=O)NCCc1cc(CO)ccc1F. The smallest absolute Gasteiger partial charge is 0.407 e. The molecule has 0 aromatic heterocycles. The third-order valence-corrected chi connectivity index (χ3v) is 2.23. The van der Waals surface area contributed by atoms with Crippen molar-refractivity contribution in [2.45, 2.75) is 20.0 Å². The van der Waals surface area contributed by atoms with Crippen molar-refractivity contribution < 1.29 is 19.0 Å². The molecule has 5 heteroatoms. The normalized spacial score (nSPS) is 10.1. The summed E-state index contributed by atoms with van der Waals surface area (Å²) in [7, 11) is 0. The number of carbonyl (C=O) groups is 1. The van der Waals surface area contributed by atoms with Gasteiger partial charge in [0.2, 0.25) is 0 Å². The lowest BCUT2D eigenvalue weighted by atomic mass is 10.1. The quantitative estimate of drug-likeness (QED) is 0.823. The topological polar surface area (TPSA) is 58.6 Å². The number of carbonyl (C=O) groups excluding carboxylic acids is 1. The van der Waals surface area contributed by atoms with E-state index in [9.17, 15) is 9.18 Å². The minimum atomic E-state index is -0.508. The van der Waals surface area contributed by atoms with Gasteiger partial charge in [-0.3, -0.25) is 0 Å². The Kier molecular flexibility index (Phi) is 5.42. The molecule has 1 aromatic rings. The third-order valence-electron chi connectivity index (χ3n) is 2.23. The van der Waals surface area contributed by atoms with E-state index in [2.05, 4.69) is 10.1 Å². The van der Waals surface area contributed by atoms with Crippen LogP contribution in [0.15, 0.2) is 18.2 Å². The molecule has 0 aliphatic rings. The molecule has 0 fully saturated rings. The second-order valence-corrected chi connectivity index (χ2v) is 3.48. The van der Waals surface area contributed by atoms with Gasteiger partial charge in [-0.2, -0.15) is 0 Å². The van der Waals surface area contributed by atoms with Crippen molar-refractivity contribution in [3.8, 4) is 0 Å². The number of aliphatic hydroxyl groups is 1. The van der Waals surface area contributed by atoms with Crippen molar-refractivity contribution in [1.29, 1.82) is 0 Å². The van der Waals surface area contributed by atoms with Crippen LogP contribution in [-0.4, -0.2) is 24.4 Å². The monoisotopic (exact) mass is 241 g/mol. The lowest BCUT2D eigenvalue weighted by Gasteiger charge is -2.07. The number of halogens is 1. The summed E-state index contributed by atoms with van der Waals surface area (Å²) in [6.07, 6.45) is -0.149. The largest absolute Gasteiger partial charge is 0.450 e. The van der Waals surface area contributed by atoms with Crippen molar-refractivity contribution in [1.82, 2.24) is 5.32 Å². The standard InChI is InChI=1S/C12H16FNO3/c1-2-17-12(16)14-6-5-10-7-9(8-15)3-4-11(10)13/h3-4,7,15H,2,5-6,8H2,1H3,(H,14,16). The predicted octanol–water partition coefficient (Wildman–Crippen LogP) is 1.61. The molecule has 0 heterocycles. The van der Waals surface area contributed by atoms with E-state index in [1.165, 1.54) is 12.1 Å². The predicted molar refractivity (Wildman–Crippen MR) is 61.1 cm³/mol. The maximum absolute atomic E-state index is 13.4. The highest BCUT2D eigenvalue weighted by atomic mass is 19.1. The summed E-state index contributed by atoms with van der Waals surface area (Å²) in [6, 6.07) is 4.42. The van der Waals surface area contributed by atoms with Crippen molar-refractivity contribution >= 4 is 6.09 Å². The molecule has 17 heavy (non-hydrogen) atoms. The Morgan fingerprint density at radius 2 is 2.29 bits per heavy atom. The maximum Gasteiger partial charge on any atom is 0.407 e. The summed E-state index contributed by atoms with van der Waals surface area (Å²) < 4.78 is 18.0. The first-order valence-electron chi connectivity index (χ1n) is 5.46. The average Bonchev–Trinajstić information content (AvgIpc) is 2.32. The molecule has 0 saturated carbocycles. The highest BCUT2D eigenvalue weighted by molar-refractivity contribution is 5.67. The van der Waals surface area contributed by atoms with Gasteiger partial charge in [-0.1, -0.05) is 12.1 Å². The van der Waals surface area contributed by atoms with Crippen LogP contribution in [0.5, 0.6) is 0 Å². The van der Waals surface area contributed by atoms with Crippen LogP contribution in [0.2, 0.25) is 0 Å². The van der Waals surface area contributed by atoms with E-state index in [0.717, 1.165) is 0 Å². The van der Waals surface area contributed by atoms with Gasteiger partial charge in [-0.05, 0) is 30.5 Å². The zero-order valence-electron chi connectivity index (χ0n) is 9.70. The first-order valence-corrected chi connectivity index (χ1v) is 5.46. The van der Waals surface area contributed by atoms with Crippen LogP contribution < -0.4 is 5.32 Å². The van der Waals surface area contributed by atoms with Crippen molar-refractivity contribution in [2.75, 3.05) is 13.2 Å². The van der Waals surface area contributed by atoms with Gasteiger partial charge in [0.05, 0.1) is 13.2 Å². The second-order valence-electron chi connectivity index (χ2n) is 3.48. The van der Waals surface area contributed by atoms with Crippen LogP contribution in [0, 0.1) is 5.82 Å². The summed E-state index contributed by atoms with van der Waals surface area (Å²) in [5, 5.41) is 11.4. The summed E-state index contributed by atoms with van der Waals surface area (Å²) in [4.78, 5) is 11.0.